The molecule has 0 atom stereocenters. The van der Waals surface area contributed by atoms with Crippen LogP contribution in [0.2, 0.25) is 0 Å². The van der Waals surface area contributed by atoms with Crippen LogP contribution in [0.25, 0.3) is 11.3 Å². The molecule has 0 N–H and O–H groups in total. The van der Waals surface area contributed by atoms with Crippen molar-refractivity contribution < 1.29 is 0 Å². The summed E-state index contributed by atoms with van der Waals surface area (Å²) in [6.07, 6.45) is 1.72. The summed E-state index contributed by atoms with van der Waals surface area (Å²) in [5.74, 6) is 0. The van der Waals surface area contributed by atoms with Gasteiger partial charge in [0, 0.05) is 49.7 Å². The number of hydrogen-bond donors (Lipinski definition) is 0. The van der Waals surface area contributed by atoms with Crippen LogP contribution in [0.4, 0.5) is 5.69 Å². The Morgan fingerprint density at radius 3 is 2.38 bits per heavy atom. The summed E-state index contributed by atoms with van der Waals surface area (Å²) < 4.78 is 0. The van der Waals surface area contributed by atoms with Gasteiger partial charge in [0.1, 0.15) is 0 Å². The van der Waals surface area contributed by atoms with Crippen molar-refractivity contribution in [3.63, 3.8) is 0 Å². The monoisotopic (exact) mass is 282 g/mol. The van der Waals surface area contributed by atoms with Crippen LogP contribution in [0, 0.1) is 0 Å². The number of para-hydroxylation sites is 1. The van der Waals surface area contributed by atoms with Crippen LogP contribution in [0.1, 0.15) is 13.8 Å². The summed E-state index contributed by atoms with van der Waals surface area (Å²) in [5, 5.41) is 8.27. The van der Waals surface area contributed by atoms with E-state index in [1.54, 1.807) is 6.20 Å². The normalized spacial score (nSPS) is 16.4. The lowest BCUT2D eigenvalue weighted by Crippen LogP contribution is -2.49. The minimum atomic E-state index is 0.627. The second kappa shape index (κ2) is 6.22. The number of benzene rings is 1. The molecule has 1 aliphatic heterocycles. The second-order valence-electron chi connectivity index (χ2n) is 5.74. The number of hydrogen-bond acceptors (Lipinski definition) is 4. The van der Waals surface area contributed by atoms with Crippen LogP contribution in [-0.2, 0) is 0 Å². The molecule has 0 bridgehead atoms. The third-order valence-electron chi connectivity index (χ3n) is 4.14. The summed E-state index contributed by atoms with van der Waals surface area (Å²) in [6, 6.07) is 13.1. The lowest BCUT2D eigenvalue weighted by molar-refractivity contribution is 0.209. The maximum atomic E-state index is 4.26. The molecular formula is C17H22N4. The molecule has 110 valence electrons. The molecule has 0 spiro atoms. The van der Waals surface area contributed by atoms with Gasteiger partial charge < -0.3 is 4.90 Å². The van der Waals surface area contributed by atoms with E-state index >= 15 is 0 Å². The highest BCUT2D eigenvalue weighted by molar-refractivity contribution is 5.76. The molecule has 4 heteroatoms. The molecule has 4 nitrogen and oxygen atoms in total. The third-order valence-corrected chi connectivity index (χ3v) is 4.14. The van der Waals surface area contributed by atoms with Gasteiger partial charge in [0.15, 0.2) is 0 Å². The first-order chi connectivity index (χ1) is 10.3. The number of nitrogens with zero attached hydrogens (tertiary/aromatic N) is 4. The molecule has 0 saturated carbocycles. The zero-order valence-electron chi connectivity index (χ0n) is 12.7. The van der Waals surface area contributed by atoms with Gasteiger partial charge in [-0.15, -0.1) is 0 Å². The van der Waals surface area contributed by atoms with E-state index < -0.39 is 0 Å². The first-order valence-corrected chi connectivity index (χ1v) is 7.62. The lowest BCUT2D eigenvalue weighted by Gasteiger charge is -2.38. The predicted molar refractivity (Wildman–Crippen MR) is 86.4 cm³/mol. The highest BCUT2D eigenvalue weighted by atomic mass is 15.3. The average molecular weight is 282 g/mol. The highest BCUT2D eigenvalue weighted by Gasteiger charge is 2.21. The van der Waals surface area contributed by atoms with Crippen molar-refractivity contribution in [2.45, 2.75) is 19.9 Å². The van der Waals surface area contributed by atoms with E-state index in [2.05, 4.69) is 58.1 Å². The SMILES string of the molecule is CC(C)N1CCN(c2ccccc2-c2cccnn2)CC1. The van der Waals surface area contributed by atoms with Gasteiger partial charge in [0.2, 0.25) is 0 Å². The number of piperazine rings is 1. The van der Waals surface area contributed by atoms with Crippen molar-refractivity contribution in [2.75, 3.05) is 31.1 Å². The number of rotatable bonds is 3. The molecular weight excluding hydrogens is 260 g/mol. The van der Waals surface area contributed by atoms with Gasteiger partial charge in [-0.25, -0.2) is 0 Å². The maximum Gasteiger partial charge on any atom is 0.0950 e. The fourth-order valence-corrected chi connectivity index (χ4v) is 2.89. The first kappa shape index (κ1) is 14.0. The zero-order chi connectivity index (χ0) is 14.7. The summed E-state index contributed by atoms with van der Waals surface area (Å²) in [6.45, 7) is 8.90. The van der Waals surface area contributed by atoms with E-state index in [1.807, 2.05) is 12.1 Å². The van der Waals surface area contributed by atoms with Crippen molar-refractivity contribution in [3.8, 4) is 11.3 Å². The van der Waals surface area contributed by atoms with E-state index in [0.717, 1.165) is 31.9 Å². The molecule has 2 heterocycles. The predicted octanol–water partition coefficient (Wildman–Crippen LogP) is 2.67. The van der Waals surface area contributed by atoms with Gasteiger partial charge in [0.05, 0.1) is 5.69 Å². The fourth-order valence-electron chi connectivity index (χ4n) is 2.89. The smallest absolute Gasteiger partial charge is 0.0950 e. The van der Waals surface area contributed by atoms with E-state index in [-0.39, 0.29) is 0 Å². The van der Waals surface area contributed by atoms with Gasteiger partial charge in [0.25, 0.3) is 0 Å². The Hall–Kier alpha value is -1.94. The minimum Gasteiger partial charge on any atom is -0.368 e. The summed E-state index contributed by atoms with van der Waals surface area (Å²) in [4.78, 5) is 4.99. The first-order valence-electron chi connectivity index (χ1n) is 7.62. The van der Waals surface area contributed by atoms with Crippen LogP contribution >= 0.6 is 0 Å². The molecule has 1 saturated heterocycles. The Balaban J connectivity index is 1.84. The third kappa shape index (κ3) is 3.05. The van der Waals surface area contributed by atoms with Crippen LogP contribution in [0.15, 0.2) is 42.6 Å². The van der Waals surface area contributed by atoms with Crippen molar-refractivity contribution in [1.82, 2.24) is 15.1 Å². The van der Waals surface area contributed by atoms with Crippen molar-refractivity contribution in [1.29, 1.82) is 0 Å². The lowest BCUT2D eigenvalue weighted by atomic mass is 10.1. The van der Waals surface area contributed by atoms with Gasteiger partial charge >= 0.3 is 0 Å². The molecule has 3 rings (SSSR count). The average Bonchev–Trinajstić information content (AvgIpc) is 2.56. The Labute approximate surface area is 126 Å². The maximum absolute atomic E-state index is 4.26. The van der Waals surface area contributed by atoms with Gasteiger partial charge in [-0.05, 0) is 32.0 Å². The standard InChI is InChI=1S/C17H22N4/c1-14(2)20-10-12-21(13-11-20)17-8-4-3-6-15(17)16-7-5-9-18-19-16/h3-9,14H,10-13H2,1-2H3. The Morgan fingerprint density at radius 2 is 1.71 bits per heavy atom. The van der Waals surface area contributed by atoms with E-state index in [9.17, 15) is 0 Å². The fraction of sp³-hybridized carbons (Fsp3) is 0.412. The Bertz CT molecular complexity index is 574. The van der Waals surface area contributed by atoms with Crippen LogP contribution in [0.3, 0.4) is 0 Å². The topological polar surface area (TPSA) is 32.3 Å². The van der Waals surface area contributed by atoms with Crippen LogP contribution in [0.5, 0.6) is 0 Å². The molecule has 1 fully saturated rings. The second-order valence-corrected chi connectivity index (χ2v) is 5.74. The van der Waals surface area contributed by atoms with E-state index in [0.29, 0.717) is 6.04 Å². The van der Waals surface area contributed by atoms with Crippen molar-refractivity contribution >= 4 is 5.69 Å². The van der Waals surface area contributed by atoms with Crippen LogP contribution in [-0.4, -0.2) is 47.3 Å². The van der Waals surface area contributed by atoms with Crippen molar-refractivity contribution in [2.24, 2.45) is 0 Å². The highest BCUT2D eigenvalue weighted by Crippen LogP contribution is 2.29. The molecule has 1 aromatic heterocycles. The van der Waals surface area contributed by atoms with Gasteiger partial charge in [-0.1, -0.05) is 18.2 Å². The Morgan fingerprint density at radius 1 is 0.952 bits per heavy atom. The molecule has 0 amide bonds. The molecule has 0 aliphatic carbocycles. The molecule has 1 aliphatic rings. The summed E-state index contributed by atoms with van der Waals surface area (Å²) in [7, 11) is 0. The summed E-state index contributed by atoms with van der Waals surface area (Å²) >= 11 is 0. The minimum absolute atomic E-state index is 0.627. The van der Waals surface area contributed by atoms with Gasteiger partial charge in [-0.3, -0.25) is 4.90 Å². The van der Waals surface area contributed by atoms with Crippen LogP contribution < -0.4 is 4.90 Å². The number of aromatic nitrogens is 2. The van der Waals surface area contributed by atoms with E-state index in [4.69, 9.17) is 0 Å². The van der Waals surface area contributed by atoms with E-state index in [1.165, 1.54) is 11.3 Å². The Kier molecular flexibility index (Phi) is 4.15. The number of anilines is 1. The van der Waals surface area contributed by atoms with Gasteiger partial charge in [-0.2, -0.15) is 10.2 Å². The molecule has 2 aromatic rings. The quantitative estimate of drug-likeness (QED) is 0.866. The van der Waals surface area contributed by atoms with Crippen molar-refractivity contribution in [3.05, 3.63) is 42.6 Å². The zero-order valence-corrected chi connectivity index (χ0v) is 12.7. The largest absolute Gasteiger partial charge is 0.368 e. The summed E-state index contributed by atoms with van der Waals surface area (Å²) in [5.41, 5.74) is 3.38. The molecule has 0 unspecified atom stereocenters. The molecule has 1 aromatic carbocycles. The molecule has 21 heavy (non-hydrogen) atoms. The molecule has 0 radical (unpaired) electrons.